The van der Waals surface area contributed by atoms with Gasteiger partial charge in [-0.3, -0.25) is 4.99 Å². The average molecular weight is 481 g/mol. The van der Waals surface area contributed by atoms with Crippen molar-refractivity contribution in [3.05, 3.63) is 58.6 Å². The zero-order valence-corrected chi connectivity index (χ0v) is 18.7. The molecule has 3 rings (SSSR count). The van der Waals surface area contributed by atoms with Crippen LogP contribution in [0.25, 0.3) is 0 Å². The van der Waals surface area contributed by atoms with Crippen molar-refractivity contribution in [2.45, 2.75) is 31.2 Å². The first-order valence-electron chi connectivity index (χ1n) is 8.77. The van der Waals surface area contributed by atoms with Crippen LogP contribution in [0, 0.1) is 0 Å². The van der Waals surface area contributed by atoms with Crippen molar-refractivity contribution in [2.75, 3.05) is 11.1 Å². The number of benzene rings is 2. The molecule has 0 saturated heterocycles. The lowest BCUT2D eigenvalue weighted by atomic mass is 10.1. The highest BCUT2D eigenvalue weighted by atomic mass is 79.9. The van der Waals surface area contributed by atoms with Gasteiger partial charge in [-0.25, -0.2) is 0 Å². The second kappa shape index (κ2) is 9.11. The lowest BCUT2D eigenvalue weighted by molar-refractivity contribution is 0.584. The van der Waals surface area contributed by atoms with Crippen molar-refractivity contribution in [1.29, 1.82) is 0 Å². The van der Waals surface area contributed by atoms with E-state index >= 15 is 0 Å². The number of thioether (sulfide) groups is 1. The second-order valence-electron chi connectivity index (χ2n) is 6.26. The van der Waals surface area contributed by atoms with Crippen LogP contribution < -0.4 is 10.1 Å². The quantitative estimate of drug-likeness (QED) is 0.472. The Morgan fingerprint density at radius 2 is 1.89 bits per heavy atom. The monoisotopic (exact) mass is 480 g/mol. The van der Waals surface area contributed by atoms with Crippen molar-refractivity contribution in [2.24, 2.45) is 10.1 Å². The van der Waals surface area contributed by atoms with E-state index in [4.69, 9.17) is 0 Å². The highest BCUT2D eigenvalue weighted by Gasteiger charge is 2.16. The van der Waals surface area contributed by atoms with Crippen LogP contribution in [0.5, 0.6) is 0 Å². The molecule has 1 aliphatic rings. The van der Waals surface area contributed by atoms with Gasteiger partial charge in [0.15, 0.2) is 5.17 Å². The van der Waals surface area contributed by atoms with Gasteiger partial charge in [0, 0.05) is 15.9 Å². The van der Waals surface area contributed by atoms with Gasteiger partial charge in [0.05, 0.1) is 16.6 Å². The molecule has 0 amide bonds. The van der Waals surface area contributed by atoms with E-state index in [1.807, 2.05) is 24.3 Å². The Kier molecular flexibility index (Phi) is 6.79. The highest BCUT2D eigenvalue weighted by Crippen LogP contribution is 2.22. The number of aliphatic imine (C=N–C) groups is 1. The average Bonchev–Trinajstić information content (AvgIpc) is 3.15. The fraction of sp³-hybridized carbons (Fsp3) is 0.263. The van der Waals surface area contributed by atoms with Crippen LogP contribution in [-0.4, -0.2) is 31.1 Å². The first kappa shape index (κ1) is 20.9. The van der Waals surface area contributed by atoms with Gasteiger partial charge < -0.3 is 5.32 Å². The van der Waals surface area contributed by atoms with Gasteiger partial charge in [-0.05, 0) is 55.3 Å². The lowest BCUT2D eigenvalue weighted by Gasteiger charge is -2.08. The zero-order chi connectivity index (χ0) is 20.1. The maximum absolute atomic E-state index is 12.3. The van der Waals surface area contributed by atoms with Gasteiger partial charge >= 0.3 is 0 Å². The normalized spacial score (nSPS) is 17.3. The SMILES string of the molecule is CCC1CSC(Nc2ccc(C(C)=NNS(=O)(=O)c3ccc(Br)cc3)cc2)=N1. The number of amidine groups is 1. The number of sulfonamides is 1. The molecule has 1 atom stereocenters. The number of hydrazone groups is 1. The van der Waals surface area contributed by atoms with Gasteiger partial charge in [-0.2, -0.15) is 18.4 Å². The highest BCUT2D eigenvalue weighted by molar-refractivity contribution is 9.10. The third-order valence-corrected chi connectivity index (χ3v) is 6.98. The van der Waals surface area contributed by atoms with Crippen LogP contribution in [0.3, 0.4) is 0 Å². The Morgan fingerprint density at radius 1 is 1.21 bits per heavy atom. The molecule has 1 unspecified atom stereocenters. The van der Waals surface area contributed by atoms with E-state index in [2.05, 4.69) is 43.1 Å². The summed E-state index contributed by atoms with van der Waals surface area (Å²) in [6.45, 7) is 3.90. The molecule has 1 heterocycles. The minimum absolute atomic E-state index is 0.159. The molecule has 2 aromatic rings. The molecular weight excluding hydrogens is 460 g/mol. The lowest BCUT2D eigenvalue weighted by Crippen LogP contribution is -2.19. The van der Waals surface area contributed by atoms with Crippen LogP contribution in [0.1, 0.15) is 25.8 Å². The number of hydrogen-bond donors (Lipinski definition) is 2. The molecule has 28 heavy (non-hydrogen) atoms. The van der Waals surface area contributed by atoms with Crippen molar-refractivity contribution >= 4 is 54.3 Å². The number of rotatable bonds is 6. The summed E-state index contributed by atoms with van der Waals surface area (Å²) >= 11 is 5.01. The predicted molar refractivity (Wildman–Crippen MR) is 121 cm³/mol. The summed E-state index contributed by atoms with van der Waals surface area (Å²) in [5, 5.41) is 8.29. The van der Waals surface area contributed by atoms with Crippen LogP contribution in [0.15, 0.2) is 68.0 Å². The molecule has 0 saturated carbocycles. The maximum atomic E-state index is 12.3. The van der Waals surface area contributed by atoms with E-state index in [0.717, 1.165) is 33.1 Å². The predicted octanol–water partition coefficient (Wildman–Crippen LogP) is 4.44. The Hall–Kier alpha value is -1.84. The van der Waals surface area contributed by atoms with Gasteiger partial charge in [-0.15, -0.1) is 0 Å². The van der Waals surface area contributed by atoms with Crippen LogP contribution in [0.4, 0.5) is 5.69 Å². The van der Waals surface area contributed by atoms with E-state index in [1.54, 1.807) is 30.8 Å². The smallest absolute Gasteiger partial charge is 0.276 e. The molecule has 0 bridgehead atoms. The van der Waals surface area contributed by atoms with Crippen LogP contribution >= 0.6 is 27.7 Å². The largest absolute Gasteiger partial charge is 0.335 e. The summed E-state index contributed by atoms with van der Waals surface area (Å²) in [6.07, 6.45) is 1.04. The Labute approximate surface area is 178 Å². The van der Waals surface area contributed by atoms with E-state index in [9.17, 15) is 8.42 Å². The van der Waals surface area contributed by atoms with E-state index in [1.165, 1.54) is 12.1 Å². The van der Waals surface area contributed by atoms with Gasteiger partial charge in [0.25, 0.3) is 10.0 Å². The Balaban J connectivity index is 1.65. The zero-order valence-electron chi connectivity index (χ0n) is 15.5. The molecule has 0 fully saturated rings. The second-order valence-corrected chi connectivity index (χ2v) is 9.84. The molecule has 9 heteroatoms. The summed E-state index contributed by atoms with van der Waals surface area (Å²) in [6, 6.07) is 14.4. The number of hydrogen-bond acceptors (Lipinski definition) is 6. The Bertz CT molecular complexity index is 988. The molecule has 0 radical (unpaired) electrons. The summed E-state index contributed by atoms with van der Waals surface area (Å²) in [4.78, 5) is 7.06. The summed E-state index contributed by atoms with van der Waals surface area (Å²) < 4.78 is 25.4. The fourth-order valence-corrected chi connectivity index (χ4v) is 4.67. The number of nitrogens with one attached hydrogen (secondary N) is 2. The molecule has 6 nitrogen and oxygen atoms in total. The van der Waals surface area contributed by atoms with Crippen molar-refractivity contribution in [1.82, 2.24) is 4.83 Å². The first-order valence-corrected chi connectivity index (χ1v) is 12.0. The molecule has 0 spiro atoms. The van der Waals surface area contributed by atoms with Crippen LogP contribution in [-0.2, 0) is 10.0 Å². The van der Waals surface area contributed by atoms with Gasteiger partial charge in [0.2, 0.25) is 0 Å². The third-order valence-electron chi connectivity index (χ3n) is 4.19. The molecule has 0 aliphatic carbocycles. The van der Waals surface area contributed by atoms with E-state index < -0.39 is 10.0 Å². The third kappa shape index (κ3) is 5.36. The minimum Gasteiger partial charge on any atom is -0.335 e. The number of halogens is 1. The molecule has 1 aliphatic heterocycles. The summed E-state index contributed by atoms with van der Waals surface area (Å²) in [5.74, 6) is 1.02. The van der Waals surface area contributed by atoms with Crippen LogP contribution in [0.2, 0.25) is 0 Å². The van der Waals surface area contributed by atoms with E-state index in [0.29, 0.717) is 11.8 Å². The molecular formula is C19H21BrN4O2S2. The molecule has 0 aromatic heterocycles. The number of nitrogens with zero attached hydrogens (tertiary/aromatic N) is 2. The van der Waals surface area contributed by atoms with Crippen molar-refractivity contribution < 1.29 is 8.42 Å². The van der Waals surface area contributed by atoms with Crippen molar-refractivity contribution in [3.63, 3.8) is 0 Å². The van der Waals surface area contributed by atoms with Gasteiger partial charge in [-0.1, -0.05) is 46.7 Å². The Morgan fingerprint density at radius 3 is 2.50 bits per heavy atom. The molecule has 2 aromatic carbocycles. The van der Waals surface area contributed by atoms with Gasteiger partial charge in [0.1, 0.15) is 0 Å². The topological polar surface area (TPSA) is 82.9 Å². The summed E-state index contributed by atoms with van der Waals surface area (Å²) in [5.41, 5.74) is 2.34. The minimum atomic E-state index is -3.70. The molecule has 2 N–H and O–H groups in total. The summed E-state index contributed by atoms with van der Waals surface area (Å²) in [7, 11) is -3.70. The van der Waals surface area contributed by atoms with E-state index in [-0.39, 0.29) is 4.90 Å². The fourth-order valence-electron chi connectivity index (χ4n) is 2.47. The first-order chi connectivity index (χ1) is 13.4. The molecule has 148 valence electrons. The van der Waals surface area contributed by atoms with Crippen molar-refractivity contribution in [3.8, 4) is 0 Å². The standard InChI is InChI=1S/C19H21BrN4O2S2/c1-3-16-12-27-19(21-16)22-17-8-4-14(5-9-17)13(2)23-24-28(25,26)18-10-6-15(20)7-11-18/h4-11,16,24H,3,12H2,1-2H3,(H,21,22). The maximum Gasteiger partial charge on any atom is 0.276 e. The number of anilines is 1.